The number of hydrogen-bond donors (Lipinski definition) is 1. The summed E-state index contributed by atoms with van der Waals surface area (Å²) in [6.45, 7) is 4.53. The van der Waals surface area contributed by atoms with Crippen LogP contribution in [0.2, 0.25) is 0 Å². The van der Waals surface area contributed by atoms with E-state index in [9.17, 15) is 4.79 Å². The summed E-state index contributed by atoms with van der Waals surface area (Å²) in [6, 6.07) is 13.6. The molecule has 1 amide bonds. The second kappa shape index (κ2) is 7.89. The lowest BCUT2D eigenvalue weighted by atomic mass is 10.2. The Hall–Kier alpha value is -2.05. The van der Waals surface area contributed by atoms with Crippen LogP contribution in [-0.2, 0) is 4.79 Å². The number of ether oxygens (including phenoxy) is 1. The Bertz CT molecular complexity index is 860. The molecule has 0 spiro atoms. The highest BCUT2D eigenvalue weighted by Crippen LogP contribution is 2.32. The van der Waals surface area contributed by atoms with Crippen LogP contribution in [0.5, 0.6) is 5.75 Å². The maximum atomic E-state index is 12.3. The standard InChI is InChI=1S/C19H17BrN2O2S/c1-3-24-16-9-6-14(20)10-13(16)11-17-18(23)22-19(25-17)21-15-7-4-12(2)5-8-15/h4-11H,3H2,1-2H3,(H,21,22,23)/b17-11-. The highest BCUT2D eigenvalue weighted by Gasteiger charge is 2.24. The Kier molecular flexibility index (Phi) is 5.60. The maximum absolute atomic E-state index is 12.3. The van der Waals surface area contributed by atoms with Crippen molar-refractivity contribution in [3.05, 3.63) is 63.0 Å². The average Bonchev–Trinajstić information content (AvgIpc) is 2.92. The van der Waals surface area contributed by atoms with E-state index in [4.69, 9.17) is 4.74 Å². The fraction of sp³-hybridized carbons (Fsp3) is 0.158. The van der Waals surface area contributed by atoms with Gasteiger partial charge in [0.25, 0.3) is 5.91 Å². The van der Waals surface area contributed by atoms with Crippen LogP contribution in [-0.4, -0.2) is 17.7 Å². The molecule has 25 heavy (non-hydrogen) atoms. The first kappa shape index (κ1) is 17.8. The van der Waals surface area contributed by atoms with Gasteiger partial charge in [0, 0.05) is 10.0 Å². The third kappa shape index (κ3) is 4.52. The van der Waals surface area contributed by atoms with E-state index < -0.39 is 0 Å². The van der Waals surface area contributed by atoms with Crippen LogP contribution in [0.4, 0.5) is 5.69 Å². The van der Waals surface area contributed by atoms with Crippen LogP contribution in [0, 0.1) is 6.92 Å². The van der Waals surface area contributed by atoms with Gasteiger partial charge in [0.15, 0.2) is 5.17 Å². The van der Waals surface area contributed by atoms with E-state index in [1.807, 2.05) is 62.4 Å². The molecule has 0 atom stereocenters. The van der Waals surface area contributed by atoms with E-state index in [0.717, 1.165) is 21.5 Å². The van der Waals surface area contributed by atoms with E-state index in [0.29, 0.717) is 16.7 Å². The molecule has 1 N–H and O–H groups in total. The lowest BCUT2D eigenvalue weighted by molar-refractivity contribution is -0.115. The minimum Gasteiger partial charge on any atom is -0.493 e. The minimum absolute atomic E-state index is 0.154. The topological polar surface area (TPSA) is 50.7 Å². The van der Waals surface area contributed by atoms with Gasteiger partial charge >= 0.3 is 0 Å². The van der Waals surface area contributed by atoms with E-state index in [1.54, 1.807) is 0 Å². The summed E-state index contributed by atoms with van der Waals surface area (Å²) in [5.41, 5.74) is 2.84. The number of carbonyl (C=O) groups excluding carboxylic acids is 1. The second-order valence-corrected chi connectivity index (χ2v) is 7.38. The summed E-state index contributed by atoms with van der Waals surface area (Å²) < 4.78 is 6.56. The lowest BCUT2D eigenvalue weighted by Crippen LogP contribution is -2.19. The molecule has 4 nitrogen and oxygen atoms in total. The molecule has 2 aromatic rings. The van der Waals surface area contributed by atoms with Crippen LogP contribution >= 0.6 is 27.7 Å². The van der Waals surface area contributed by atoms with Crippen LogP contribution < -0.4 is 10.1 Å². The van der Waals surface area contributed by atoms with Crippen LogP contribution in [0.3, 0.4) is 0 Å². The minimum atomic E-state index is -0.154. The van der Waals surface area contributed by atoms with E-state index in [2.05, 4.69) is 26.2 Å². The molecule has 1 fully saturated rings. The number of rotatable bonds is 4. The monoisotopic (exact) mass is 416 g/mol. The van der Waals surface area contributed by atoms with Gasteiger partial charge in [0.2, 0.25) is 0 Å². The van der Waals surface area contributed by atoms with E-state index in [-0.39, 0.29) is 5.91 Å². The van der Waals surface area contributed by atoms with Gasteiger partial charge in [-0.2, -0.15) is 0 Å². The number of carbonyl (C=O) groups is 1. The largest absolute Gasteiger partial charge is 0.493 e. The summed E-state index contributed by atoms with van der Waals surface area (Å²) in [5, 5.41) is 3.38. The summed E-state index contributed by atoms with van der Waals surface area (Å²) >= 11 is 4.78. The number of amides is 1. The number of halogens is 1. The number of aryl methyl sites for hydroxylation is 1. The number of nitrogens with zero attached hydrogens (tertiary/aromatic N) is 1. The molecule has 1 aliphatic heterocycles. The number of thioether (sulfide) groups is 1. The molecule has 0 aliphatic carbocycles. The number of amidine groups is 1. The van der Waals surface area contributed by atoms with Gasteiger partial charge in [-0.25, -0.2) is 4.99 Å². The highest BCUT2D eigenvalue weighted by molar-refractivity contribution is 9.10. The van der Waals surface area contributed by atoms with Crippen LogP contribution in [0.15, 0.2) is 56.8 Å². The molecule has 1 aliphatic rings. The van der Waals surface area contributed by atoms with Crippen molar-refractivity contribution in [3.8, 4) is 5.75 Å². The fourth-order valence-corrected chi connectivity index (χ4v) is 3.49. The number of nitrogens with one attached hydrogen (secondary N) is 1. The normalized spacial score (nSPS) is 17.2. The summed E-state index contributed by atoms with van der Waals surface area (Å²) in [5.74, 6) is 0.591. The fourth-order valence-electron chi connectivity index (χ4n) is 2.28. The van der Waals surface area contributed by atoms with Crippen molar-refractivity contribution in [3.63, 3.8) is 0 Å². The first-order chi connectivity index (χ1) is 12.0. The zero-order chi connectivity index (χ0) is 17.8. The van der Waals surface area contributed by atoms with Gasteiger partial charge < -0.3 is 10.1 Å². The molecule has 1 heterocycles. The van der Waals surface area contributed by atoms with Crippen molar-refractivity contribution in [2.45, 2.75) is 13.8 Å². The van der Waals surface area contributed by atoms with Gasteiger partial charge in [-0.05, 0) is 62.0 Å². The van der Waals surface area contributed by atoms with Crippen LogP contribution in [0.25, 0.3) is 6.08 Å². The SMILES string of the molecule is CCOc1ccc(Br)cc1/C=C1\SC(=Nc2ccc(C)cc2)NC1=O. The van der Waals surface area contributed by atoms with Crippen molar-refractivity contribution in [2.24, 2.45) is 4.99 Å². The summed E-state index contributed by atoms with van der Waals surface area (Å²) in [6.07, 6.45) is 1.83. The molecule has 0 saturated carbocycles. The van der Waals surface area contributed by atoms with Crippen molar-refractivity contribution in [2.75, 3.05) is 6.61 Å². The predicted octanol–water partition coefficient (Wildman–Crippen LogP) is 5.05. The molecular weight excluding hydrogens is 400 g/mol. The predicted molar refractivity (Wildman–Crippen MR) is 107 cm³/mol. The highest BCUT2D eigenvalue weighted by atomic mass is 79.9. The zero-order valence-corrected chi connectivity index (χ0v) is 16.3. The first-order valence-corrected chi connectivity index (χ1v) is 9.44. The van der Waals surface area contributed by atoms with Crippen molar-refractivity contribution < 1.29 is 9.53 Å². The van der Waals surface area contributed by atoms with Crippen molar-refractivity contribution in [1.82, 2.24) is 5.32 Å². The molecule has 3 rings (SSSR count). The third-order valence-corrected chi connectivity index (χ3v) is 4.88. The van der Waals surface area contributed by atoms with E-state index >= 15 is 0 Å². The maximum Gasteiger partial charge on any atom is 0.264 e. The molecular formula is C19H17BrN2O2S. The Labute approximate surface area is 159 Å². The molecule has 0 aromatic heterocycles. The Morgan fingerprint density at radius 3 is 2.72 bits per heavy atom. The molecule has 1 saturated heterocycles. The zero-order valence-electron chi connectivity index (χ0n) is 13.9. The Balaban J connectivity index is 1.86. The molecule has 0 unspecified atom stereocenters. The quantitative estimate of drug-likeness (QED) is 0.709. The van der Waals surface area contributed by atoms with Gasteiger partial charge in [-0.15, -0.1) is 0 Å². The van der Waals surface area contributed by atoms with Gasteiger partial charge in [-0.3, -0.25) is 4.79 Å². The number of hydrogen-bond acceptors (Lipinski definition) is 4. The molecule has 0 radical (unpaired) electrons. The van der Waals surface area contributed by atoms with Crippen molar-refractivity contribution >= 4 is 50.5 Å². The number of benzene rings is 2. The summed E-state index contributed by atoms with van der Waals surface area (Å²) in [7, 11) is 0. The molecule has 6 heteroatoms. The second-order valence-electron chi connectivity index (χ2n) is 5.43. The molecule has 0 bridgehead atoms. The number of aliphatic imine (C=N–C) groups is 1. The lowest BCUT2D eigenvalue weighted by Gasteiger charge is -2.07. The van der Waals surface area contributed by atoms with Gasteiger partial charge in [-0.1, -0.05) is 33.6 Å². The summed E-state index contributed by atoms with van der Waals surface area (Å²) in [4.78, 5) is 17.3. The van der Waals surface area contributed by atoms with Crippen LogP contribution in [0.1, 0.15) is 18.1 Å². The smallest absolute Gasteiger partial charge is 0.264 e. The van der Waals surface area contributed by atoms with Gasteiger partial charge in [0.05, 0.1) is 17.2 Å². The van der Waals surface area contributed by atoms with E-state index in [1.165, 1.54) is 17.3 Å². The molecule has 2 aromatic carbocycles. The Morgan fingerprint density at radius 1 is 1.24 bits per heavy atom. The Morgan fingerprint density at radius 2 is 2.00 bits per heavy atom. The first-order valence-electron chi connectivity index (χ1n) is 7.84. The third-order valence-electron chi connectivity index (χ3n) is 3.47. The molecule has 128 valence electrons. The average molecular weight is 417 g/mol. The van der Waals surface area contributed by atoms with Crippen molar-refractivity contribution in [1.29, 1.82) is 0 Å². The van der Waals surface area contributed by atoms with Gasteiger partial charge in [0.1, 0.15) is 5.75 Å².